The van der Waals surface area contributed by atoms with Gasteiger partial charge in [-0.25, -0.2) is 12.8 Å². The first-order valence-corrected chi connectivity index (χ1v) is 8.48. The maximum absolute atomic E-state index is 13.0. The van der Waals surface area contributed by atoms with Crippen LogP contribution in [0.25, 0.3) is 0 Å². The van der Waals surface area contributed by atoms with E-state index in [0.29, 0.717) is 10.5 Å². The number of halogens is 1. The SMILES string of the molecule is Cc1ccc(C)c(S(=O)(=O)N(C)C(C)c2ccc(F)cc2)c1. The third-order valence-electron chi connectivity index (χ3n) is 3.90. The van der Waals surface area contributed by atoms with E-state index < -0.39 is 10.0 Å². The molecule has 2 rings (SSSR count). The average Bonchev–Trinajstić information content (AvgIpc) is 2.48. The van der Waals surface area contributed by atoms with E-state index in [1.165, 1.54) is 16.4 Å². The lowest BCUT2D eigenvalue weighted by Gasteiger charge is -2.25. The van der Waals surface area contributed by atoms with Gasteiger partial charge >= 0.3 is 0 Å². The van der Waals surface area contributed by atoms with Gasteiger partial charge in [0.1, 0.15) is 5.82 Å². The maximum atomic E-state index is 13.0. The first-order chi connectivity index (χ1) is 10.2. The number of hydrogen-bond donors (Lipinski definition) is 0. The van der Waals surface area contributed by atoms with E-state index >= 15 is 0 Å². The predicted octanol–water partition coefficient (Wildman–Crippen LogP) is 3.82. The lowest BCUT2D eigenvalue weighted by atomic mass is 10.1. The molecule has 2 aromatic carbocycles. The normalized spacial score (nSPS) is 13.4. The summed E-state index contributed by atoms with van der Waals surface area (Å²) in [6.45, 7) is 5.43. The largest absolute Gasteiger partial charge is 0.243 e. The van der Waals surface area contributed by atoms with Gasteiger partial charge in [-0.15, -0.1) is 0 Å². The fourth-order valence-electron chi connectivity index (χ4n) is 2.30. The highest BCUT2D eigenvalue weighted by Crippen LogP contribution is 2.28. The fraction of sp³-hybridized carbons (Fsp3) is 0.294. The first kappa shape index (κ1) is 16.6. The molecule has 3 nitrogen and oxygen atoms in total. The second-order valence-corrected chi connectivity index (χ2v) is 7.48. The molecule has 1 atom stereocenters. The van der Waals surface area contributed by atoms with Crippen molar-refractivity contribution in [1.29, 1.82) is 0 Å². The van der Waals surface area contributed by atoms with Crippen LogP contribution in [0.15, 0.2) is 47.4 Å². The van der Waals surface area contributed by atoms with E-state index in [1.807, 2.05) is 13.0 Å². The van der Waals surface area contributed by atoms with Crippen LogP contribution in [0.1, 0.15) is 29.7 Å². The molecule has 0 spiro atoms. The molecule has 0 aliphatic carbocycles. The van der Waals surface area contributed by atoms with Crippen molar-refractivity contribution in [3.8, 4) is 0 Å². The third kappa shape index (κ3) is 3.20. The highest BCUT2D eigenvalue weighted by atomic mass is 32.2. The molecule has 0 aliphatic rings. The van der Waals surface area contributed by atoms with Crippen molar-refractivity contribution in [3.63, 3.8) is 0 Å². The van der Waals surface area contributed by atoms with Crippen LogP contribution in [0, 0.1) is 19.7 Å². The minimum atomic E-state index is -3.61. The molecule has 0 saturated carbocycles. The van der Waals surface area contributed by atoms with Gasteiger partial charge in [-0.05, 0) is 55.7 Å². The second kappa shape index (κ2) is 6.18. The van der Waals surface area contributed by atoms with Crippen molar-refractivity contribution in [2.75, 3.05) is 7.05 Å². The summed E-state index contributed by atoms with van der Waals surface area (Å²) in [5.74, 6) is -0.337. The molecule has 22 heavy (non-hydrogen) atoms. The molecule has 0 radical (unpaired) electrons. The smallest absolute Gasteiger partial charge is 0.207 e. The van der Waals surface area contributed by atoms with Crippen LogP contribution in [0.5, 0.6) is 0 Å². The average molecular weight is 321 g/mol. The Morgan fingerprint density at radius 1 is 1.05 bits per heavy atom. The zero-order valence-electron chi connectivity index (χ0n) is 13.2. The fourth-order valence-corrected chi connectivity index (χ4v) is 3.96. The van der Waals surface area contributed by atoms with Crippen molar-refractivity contribution in [3.05, 3.63) is 65.0 Å². The maximum Gasteiger partial charge on any atom is 0.243 e. The van der Waals surface area contributed by atoms with Crippen molar-refractivity contribution < 1.29 is 12.8 Å². The van der Waals surface area contributed by atoms with E-state index in [2.05, 4.69) is 0 Å². The number of rotatable bonds is 4. The van der Waals surface area contributed by atoms with E-state index in [1.54, 1.807) is 45.2 Å². The first-order valence-electron chi connectivity index (χ1n) is 7.04. The Hall–Kier alpha value is -1.72. The highest BCUT2D eigenvalue weighted by Gasteiger charge is 2.27. The monoisotopic (exact) mass is 321 g/mol. The van der Waals surface area contributed by atoms with Crippen molar-refractivity contribution in [2.45, 2.75) is 31.7 Å². The molecule has 118 valence electrons. The van der Waals surface area contributed by atoms with Crippen LogP contribution in [-0.2, 0) is 10.0 Å². The van der Waals surface area contributed by atoms with Gasteiger partial charge in [0.2, 0.25) is 10.0 Å². The van der Waals surface area contributed by atoms with Gasteiger partial charge in [-0.1, -0.05) is 24.3 Å². The minimum Gasteiger partial charge on any atom is -0.207 e. The molecule has 0 saturated heterocycles. The molecular weight excluding hydrogens is 301 g/mol. The molecule has 0 bridgehead atoms. The molecular formula is C17H20FNO2S. The summed E-state index contributed by atoms with van der Waals surface area (Å²) in [6, 6.07) is 10.9. The molecule has 0 aliphatic heterocycles. The Kier molecular flexibility index (Phi) is 4.68. The van der Waals surface area contributed by atoms with Crippen LogP contribution < -0.4 is 0 Å². The van der Waals surface area contributed by atoms with Gasteiger partial charge in [-0.2, -0.15) is 4.31 Å². The molecule has 0 fully saturated rings. The van der Waals surface area contributed by atoms with Crippen LogP contribution >= 0.6 is 0 Å². The van der Waals surface area contributed by atoms with Crippen LogP contribution in [0.3, 0.4) is 0 Å². The number of sulfonamides is 1. The van der Waals surface area contributed by atoms with E-state index in [9.17, 15) is 12.8 Å². The van der Waals surface area contributed by atoms with E-state index in [-0.39, 0.29) is 11.9 Å². The van der Waals surface area contributed by atoms with E-state index in [4.69, 9.17) is 0 Å². The Morgan fingerprint density at radius 3 is 2.23 bits per heavy atom. The number of nitrogens with zero attached hydrogens (tertiary/aromatic N) is 1. The predicted molar refractivity (Wildman–Crippen MR) is 85.7 cm³/mol. The van der Waals surface area contributed by atoms with Crippen LogP contribution in [-0.4, -0.2) is 19.8 Å². The highest BCUT2D eigenvalue weighted by molar-refractivity contribution is 7.89. The van der Waals surface area contributed by atoms with E-state index in [0.717, 1.165) is 11.1 Å². The summed E-state index contributed by atoms with van der Waals surface area (Å²) in [5, 5.41) is 0. The summed E-state index contributed by atoms with van der Waals surface area (Å²) in [4.78, 5) is 0.309. The topological polar surface area (TPSA) is 37.4 Å². The zero-order chi connectivity index (χ0) is 16.5. The number of hydrogen-bond acceptors (Lipinski definition) is 2. The Bertz CT molecular complexity index is 770. The third-order valence-corrected chi connectivity index (χ3v) is 5.97. The molecule has 0 N–H and O–H groups in total. The van der Waals surface area contributed by atoms with Gasteiger partial charge in [0.25, 0.3) is 0 Å². The molecule has 0 amide bonds. The van der Waals surface area contributed by atoms with Gasteiger partial charge in [0.15, 0.2) is 0 Å². The lowest BCUT2D eigenvalue weighted by molar-refractivity contribution is 0.398. The lowest BCUT2D eigenvalue weighted by Crippen LogP contribution is -2.30. The molecule has 5 heteroatoms. The summed E-state index contributed by atoms with van der Waals surface area (Å²) >= 11 is 0. The Morgan fingerprint density at radius 2 is 1.64 bits per heavy atom. The Balaban J connectivity index is 2.40. The standard InChI is InChI=1S/C17H20FNO2S/c1-12-5-6-13(2)17(11-12)22(20,21)19(4)14(3)15-7-9-16(18)10-8-15/h5-11,14H,1-4H3. The summed E-state index contributed by atoms with van der Waals surface area (Å²) in [7, 11) is -2.06. The van der Waals surface area contributed by atoms with Gasteiger partial charge in [0, 0.05) is 13.1 Å². The van der Waals surface area contributed by atoms with Gasteiger partial charge < -0.3 is 0 Å². The van der Waals surface area contributed by atoms with Crippen LogP contribution in [0.4, 0.5) is 4.39 Å². The minimum absolute atomic E-state index is 0.309. The summed E-state index contributed by atoms with van der Waals surface area (Å²) < 4.78 is 40.0. The molecule has 1 unspecified atom stereocenters. The van der Waals surface area contributed by atoms with Crippen LogP contribution in [0.2, 0.25) is 0 Å². The second-order valence-electron chi connectivity index (χ2n) is 5.52. The molecule has 0 aromatic heterocycles. The van der Waals surface area contributed by atoms with Crippen molar-refractivity contribution >= 4 is 10.0 Å². The quantitative estimate of drug-likeness (QED) is 0.858. The number of benzene rings is 2. The van der Waals surface area contributed by atoms with Gasteiger partial charge in [0.05, 0.1) is 4.90 Å². The summed E-state index contributed by atoms with van der Waals surface area (Å²) in [6.07, 6.45) is 0. The summed E-state index contributed by atoms with van der Waals surface area (Å²) in [5.41, 5.74) is 2.36. The molecule has 2 aromatic rings. The number of aryl methyl sites for hydroxylation is 2. The Labute approximate surface area is 131 Å². The zero-order valence-corrected chi connectivity index (χ0v) is 14.0. The van der Waals surface area contributed by atoms with Gasteiger partial charge in [-0.3, -0.25) is 0 Å². The van der Waals surface area contributed by atoms with Crippen molar-refractivity contribution in [1.82, 2.24) is 4.31 Å². The van der Waals surface area contributed by atoms with Crippen molar-refractivity contribution in [2.24, 2.45) is 0 Å². The molecule has 0 heterocycles.